The van der Waals surface area contributed by atoms with Gasteiger partial charge in [-0.3, -0.25) is 0 Å². The maximum atomic E-state index is 12.8. The minimum Gasteiger partial charge on any atom is -0.444 e. The van der Waals surface area contributed by atoms with Gasteiger partial charge in [0.25, 0.3) is 0 Å². The molecule has 1 saturated carbocycles. The van der Waals surface area contributed by atoms with Gasteiger partial charge in [-0.05, 0) is 27.7 Å². The van der Waals surface area contributed by atoms with Crippen LogP contribution in [0.25, 0.3) is 0 Å². The monoisotopic (exact) mass is 263 g/mol. The number of nitrogens with one attached hydrogen (secondary N) is 1. The molecular weight excluding hydrogens is 244 g/mol. The zero-order chi connectivity index (χ0) is 14.2. The molecule has 1 N–H and O–H groups in total. The van der Waals surface area contributed by atoms with Gasteiger partial charge in [-0.15, -0.1) is 0 Å². The Morgan fingerprint density at radius 1 is 1.33 bits per heavy atom. The first-order chi connectivity index (χ1) is 7.97. The van der Waals surface area contributed by atoms with Gasteiger partial charge < -0.3 is 14.8 Å². The van der Waals surface area contributed by atoms with Crippen LogP contribution in [-0.4, -0.2) is 29.4 Å². The topological polar surface area (TPSA) is 55.4 Å². The third kappa shape index (κ3) is 3.65. The highest BCUT2D eigenvalue weighted by molar-refractivity contribution is 5.76. The van der Waals surface area contributed by atoms with Crippen LogP contribution in [0.4, 0.5) is 13.6 Å². The molecule has 1 atom stereocenters. The Bertz CT molecular complexity index is 344. The third-order valence-corrected chi connectivity index (χ3v) is 2.95. The molecule has 0 spiro atoms. The first-order valence-corrected chi connectivity index (χ1v) is 5.83. The van der Waals surface area contributed by atoms with Gasteiger partial charge in [0.05, 0.1) is 5.54 Å². The fourth-order valence-corrected chi connectivity index (χ4v) is 1.84. The van der Waals surface area contributed by atoms with Gasteiger partial charge in [-0.25, -0.2) is 13.6 Å². The molecule has 1 aliphatic rings. The summed E-state index contributed by atoms with van der Waals surface area (Å²) >= 11 is 0. The first-order valence-electron chi connectivity index (χ1n) is 5.83. The number of carbonyl (C=O) groups excluding carboxylic acids is 2. The summed E-state index contributed by atoms with van der Waals surface area (Å²) in [7, 11) is 0. The second-order valence-electron chi connectivity index (χ2n) is 5.99. The smallest absolute Gasteiger partial charge is 0.408 e. The van der Waals surface area contributed by atoms with Crippen molar-refractivity contribution in [2.75, 3.05) is 0 Å². The van der Waals surface area contributed by atoms with Crippen LogP contribution in [0.1, 0.15) is 40.5 Å². The molecule has 0 aromatic rings. The number of alkyl carbamates (subject to hydrolysis) is 1. The highest BCUT2D eigenvalue weighted by atomic mass is 19.3. The van der Waals surface area contributed by atoms with E-state index in [2.05, 4.69) is 5.32 Å². The molecule has 104 valence electrons. The van der Waals surface area contributed by atoms with Gasteiger partial charge >= 0.3 is 6.09 Å². The zero-order valence-electron chi connectivity index (χ0n) is 11.0. The van der Waals surface area contributed by atoms with E-state index in [-0.39, 0.29) is 0 Å². The molecule has 1 aliphatic carbocycles. The maximum Gasteiger partial charge on any atom is 0.408 e. The number of aldehydes is 1. The highest BCUT2D eigenvalue weighted by Crippen LogP contribution is 2.47. The lowest BCUT2D eigenvalue weighted by Crippen LogP contribution is -2.59. The third-order valence-electron chi connectivity index (χ3n) is 2.95. The van der Waals surface area contributed by atoms with Crippen molar-refractivity contribution in [3.63, 3.8) is 0 Å². The van der Waals surface area contributed by atoms with E-state index in [0.717, 1.165) is 0 Å². The number of rotatable bonds is 3. The Kier molecular flexibility index (Phi) is 3.70. The van der Waals surface area contributed by atoms with E-state index < -0.39 is 41.9 Å². The molecule has 1 unspecified atom stereocenters. The lowest BCUT2D eigenvalue weighted by atomic mass is 9.70. The molecule has 0 bridgehead atoms. The van der Waals surface area contributed by atoms with E-state index in [4.69, 9.17) is 4.74 Å². The fourth-order valence-electron chi connectivity index (χ4n) is 1.84. The number of amides is 1. The van der Waals surface area contributed by atoms with Gasteiger partial charge in [-0.1, -0.05) is 0 Å². The number of hydrogen-bond acceptors (Lipinski definition) is 3. The average Bonchev–Trinajstić information content (AvgIpc) is 2.10. The van der Waals surface area contributed by atoms with Gasteiger partial charge in [0.15, 0.2) is 0 Å². The second-order valence-corrected chi connectivity index (χ2v) is 5.99. The lowest BCUT2D eigenvalue weighted by Gasteiger charge is -2.44. The summed E-state index contributed by atoms with van der Waals surface area (Å²) in [6.45, 7) is 6.48. The predicted octanol–water partition coefficient (Wildman–Crippen LogP) is 2.51. The Hall–Kier alpha value is -1.20. The van der Waals surface area contributed by atoms with Crippen LogP contribution in [0.15, 0.2) is 0 Å². The van der Waals surface area contributed by atoms with Crippen LogP contribution < -0.4 is 5.32 Å². The van der Waals surface area contributed by atoms with E-state index in [9.17, 15) is 18.4 Å². The number of carbonyl (C=O) groups is 2. The standard InChI is InChI=1S/C12H19F2NO3/c1-10(2,3)18-9(17)15-11(4,7-16)8-5-12(13,14)6-8/h7-8H,5-6H2,1-4H3,(H,15,17). The fraction of sp³-hybridized carbons (Fsp3) is 0.833. The number of hydrogen-bond donors (Lipinski definition) is 1. The van der Waals surface area contributed by atoms with Gasteiger partial charge in [0, 0.05) is 18.8 Å². The van der Waals surface area contributed by atoms with Crippen molar-refractivity contribution in [2.45, 2.75) is 57.6 Å². The molecule has 18 heavy (non-hydrogen) atoms. The van der Waals surface area contributed by atoms with Crippen molar-refractivity contribution in [1.82, 2.24) is 5.32 Å². The van der Waals surface area contributed by atoms with Gasteiger partial charge in [0.1, 0.15) is 11.9 Å². The normalized spacial score (nSPS) is 22.6. The van der Waals surface area contributed by atoms with E-state index in [1.165, 1.54) is 6.92 Å². The molecule has 0 aliphatic heterocycles. The second kappa shape index (κ2) is 4.48. The molecule has 1 rings (SSSR count). The summed E-state index contributed by atoms with van der Waals surface area (Å²) in [5.74, 6) is -3.29. The van der Waals surface area contributed by atoms with Crippen molar-refractivity contribution in [3.8, 4) is 0 Å². The first kappa shape index (κ1) is 14.9. The van der Waals surface area contributed by atoms with E-state index in [1.54, 1.807) is 20.8 Å². The van der Waals surface area contributed by atoms with E-state index in [0.29, 0.717) is 6.29 Å². The zero-order valence-corrected chi connectivity index (χ0v) is 11.0. The maximum absolute atomic E-state index is 12.8. The Morgan fingerprint density at radius 3 is 2.17 bits per heavy atom. The molecule has 6 heteroatoms. The molecule has 0 heterocycles. The van der Waals surface area contributed by atoms with Crippen molar-refractivity contribution in [2.24, 2.45) is 5.92 Å². The summed E-state index contributed by atoms with van der Waals surface area (Å²) in [5.41, 5.74) is -2.00. The van der Waals surface area contributed by atoms with Crippen molar-refractivity contribution >= 4 is 12.4 Å². The van der Waals surface area contributed by atoms with Crippen LogP contribution in [0, 0.1) is 5.92 Å². The Balaban J connectivity index is 2.61. The molecule has 4 nitrogen and oxygen atoms in total. The van der Waals surface area contributed by atoms with Crippen molar-refractivity contribution in [1.29, 1.82) is 0 Å². The summed E-state index contributed by atoms with van der Waals surface area (Å²) < 4.78 is 30.6. The highest BCUT2D eigenvalue weighted by Gasteiger charge is 2.54. The minimum atomic E-state index is -2.73. The number of halogens is 2. The van der Waals surface area contributed by atoms with Gasteiger partial charge in [0.2, 0.25) is 5.92 Å². The summed E-state index contributed by atoms with van der Waals surface area (Å²) in [6, 6.07) is 0. The quantitative estimate of drug-likeness (QED) is 0.796. The molecule has 0 aromatic carbocycles. The summed E-state index contributed by atoms with van der Waals surface area (Å²) in [6.07, 6.45) is -1.06. The van der Waals surface area contributed by atoms with Crippen LogP contribution in [-0.2, 0) is 9.53 Å². The SMILES string of the molecule is CC(C)(C)OC(=O)NC(C)(C=O)C1CC(F)(F)C1. The van der Waals surface area contributed by atoms with Crippen molar-refractivity contribution < 1.29 is 23.1 Å². The summed E-state index contributed by atoms with van der Waals surface area (Å²) in [5, 5.41) is 2.38. The molecule has 1 amide bonds. The van der Waals surface area contributed by atoms with Crippen LogP contribution in [0.5, 0.6) is 0 Å². The molecule has 1 fully saturated rings. The van der Waals surface area contributed by atoms with Crippen LogP contribution in [0.2, 0.25) is 0 Å². The number of alkyl halides is 2. The van der Waals surface area contributed by atoms with E-state index >= 15 is 0 Å². The predicted molar refractivity (Wildman–Crippen MR) is 61.5 cm³/mol. The Labute approximate surface area is 105 Å². The van der Waals surface area contributed by atoms with Crippen LogP contribution in [0.3, 0.4) is 0 Å². The van der Waals surface area contributed by atoms with Crippen molar-refractivity contribution in [3.05, 3.63) is 0 Å². The Morgan fingerprint density at radius 2 is 1.83 bits per heavy atom. The molecule has 0 radical (unpaired) electrons. The molecule has 0 saturated heterocycles. The molecule has 0 aromatic heterocycles. The molecular formula is C12H19F2NO3. The summed E-state index contributed by atoms with van der Waals surface area (Å²) in [4.78, 5) is 22.6. The van der Waals surface area contributed by atoms with Crippen LogP contribution >= 0.6 is 0 Å². The number of ether oxygens (including phenoxy) is 1. The minimum absolute atomic E-state index is 0.391. The van der Waals surface area contributed by atoms with Gasteiger partial charge in [-0.2, -0.15) is 0 Å². The largest absolute Gasteiger partial charge is 0.444 e. The lowest BCUT2D eigenvalue weighted by molar-refractivity contribution is -0.142. The average molecular weight is 263 g/mol. The van der Waals surface area contributed by atoms with E-state index in [1.807, 2.05) is 0 Å².